The van der Waals surface area contributed by atoms with Crippen LogP contribution in [0.25, 0.3) is 11.0 Å². The third-order valence-electron chi connectivity index (χ3n) is 8.24. The molecule has 0 saturated carbocycles. The molecule has 1 N–H and O–H groups in total. The molecule has 10 nitrogen and oxygen atoms in total. The van der Waals surface area contributed by atoms with Crippen molar-refractivity contribution < 1.29 is 24.2 Å². The number of fused-ring (bicyclic) bond motifs is 2. The number of carbonyl (C=O) groups is 3. The molecule has 0 aliphatic carbocycles. The van der Waals surface area contributed by atoms with E-state index in [1.807, 2.05) is 31.2 Å². The SMILES string of the molecule is C=CCN(Cn1nnc2ccccc21)C(=O)C1N(CCCCO)C(=O)[C@@H]2[C@@H](C(=O)OCC)[C@@]3(C)CCC12S3. The van der Waals surface area contributed by atoms with Crippen LogP contribution in [-0.4, -0.2) is 89.5 Å². The van der Waals surface area contributed by atoms with Gasteiger partial charge in [-0.25, -0.2) is 4.68 Å². The topological polar surface area (TPSA) is 118 Å². The molecule has 11 heteroatoms. The summed E-state index contributed by atoms with van der Waals surface area (Å²) in [5.74, 6) is -1.93. The smallest absolute Gasteiger partial charge is 0.311 e. The van der Waals surface area contributed by atoms with E-state index >= 15 is 0 Å². The minimum absolute atomic E-state index is 0.00937. The van der Waals surface area contributed by atoms with Crippen LogP contribution in [0.4, 0.5) is 0 Å². The van der Waals surface area contributed by atoms with Gasteiger partial charge >= 0.3 is 5.97 Å². The number of hydrogen-bond donors (Lipinski definition) is 1. The van der Waals surface area contributed by atoms with Crippen molar-refractivity contribution in [2.24, 2.45) is 11.8 Å². The lowest BCUT2D eigenvalue weighted by Crippen LogP contribution is -2.55. The van der Waals surface area contributed by atoms with Crippen LogP contribution in [0, 0.1) is 11.8 Å². The van der Waals surface area contributed by atoms with E-state index in [2.05, 4.69) is 16.9 Å². The number of aliphatic hydroxyl groups is 1. The molecule has 2 bridgehead atoms. The van der Waals surface area contributed by atoms with Crippen molar-refractivity contribution in [3.05, 3.63) is 36.9 Å². The summed E-state index contributed by atoms with van der Waals surface area (Å²) in [4.78, 5) is 45.0. The van der Waals surface area contributed by atoms with Crippen molar-refractivity contribution in [3.63, 3.8) is 0 Å². The Bertz CT molecular complexity index is 1250. The molecular formula is C27H35N5O5S. The lowest BCUT2D eigenvalue weighted by atomic mass is 9.66. The predicted molar refractivity (Wildman–Crippen MR) is 143 cm³/mol. The second kappa shape index (κ2) is 10.3. The molecule has 2 amide bonds. The van der Waals surface area contributed by atoms with Crippen molar-refractivity contribution in [1.29, 1.82) is 0 Å². The van der Waals surface area contributed by atoms with Crippen molar-refractivity contribution in [3.8, 4) is 0 Å². The van der Waals surface area contributed by atoms with E-state index < -0.39 is 27.4 Å². The summed E-state index contributed by atoms with van der Waals surface area (Å²) in [6.07, 6.45) is 4.16. The van der Waals surface area contributed by atoms with Gasteiger partial charge in [0.2, 0.25) is 11.8 Å². The van der Waals surface area contributed by atoms with Crippen LogP contribution in [0.2, 0.25) is 0 Å². The Hall–Kier alpha value is -2.92. The van der Waals surface area contributed by atoms with Gasteiger partial charge in [-0.2, -0.15) is 0 Å². The van der Waals surface area contributed by atoms with Gasteiger partial charge in [-0.15, -0.1) is 23.4 Å². The molecule has 3 aliphatic heterocycles. The lowest BCUT2D eigenvalue weighted by Gasteiger charge is -2.37. The minimum atomic E-state index is -0.736. The highest BCUT2D eigenvalue weighted by Crippen LogP contribution is 2.71. The number of thioether (sulfide) groups is 1. The molecular weight excluding hydrogens is 506 g/mol. The summed E-state index contributed by atoms with van der Waals surface area (Å²) in [7, 11) is 0. The van der Waals surface area contributed by atoms with E-state index in [4.69, 9.17) is 4.74 Å². The molecule has 5 rings (SSSR count). The molecule has 1 spiro atoms. The summed E-state index contributed by atoms with van der Waals surface area (Å²) in [6.45, 7) is 8.67. The maximum Gasteiger partial charge on any atom is 0.311 e. The molecule has 2 aromatic rings. The summed E-state index contributed by atoms with van der Waals surface area (Å²) >= 11 is 1.62. The second-order valence-electron chi connectivity index (χ2n) is 10.5. The number of likely N-dealkylation sites (tertiary alicyclic amines) is 1. The lowest BCUT2D eigenvalue weighted by molar-refractivity contribution is -0.155. The number of aliphatic hydroxyl groups excluding tert-OH is 1. The van der Waals surface area contributed by atoms with Crippen LogP contribution >= 0.6 is 11.8 Å². The van der Waals surface area contributed by atoms with E-state index in [1.54, 1.807) is 39.2 Å². The normalized spacial score (nSPS) is 29.6. The third kappa shape index (κ3) is 4.10. The van der Waals surface area contributed by atoms with Crippen LogP contribution in [0.1, 0.15) is 39.5 Å². The van der Waals surface area contributed by atoms with E-state index in [1.165, 1.54) is 0 Å². The predicted octanol–water partition coefficient (Wildman–Crippen LogP) is 2.22. The number of para-hydroxylation sites is 1. The highest BCUT2D eigenvalue weighted by Gasteiger charge is 2.77. The first-order valence-electron chi connectivity index (χ1n) is 13.3. The first-order valence-corrected chi connectivity index (χ1v) is 14.1. The molecule has 204 valence electrons. The Morgan fingerprint density at radius 3 is 2.84 bits per heavy atom. The fourth-order valence-electron chi connectivity index (χ4n) is 6.66. The Kier molecular flexibility index (Phi) is 7.25. The maximum atomic E-state index is 14.5. The zero-order chi connectivity index (χ0) is 27.1. The van der Waals surface area contributed by atoms with Gasteiger partial charge in [-0.3, -0.25) is 14.4 Å². The fraction of sp³-hybridized carbons (Fsp3) is 0.593. The zero-order valence-corrected chi connectivity index (χ0v) is 22.7. The summed E-state index contributed by atoms with van der Waals surface area (Å²) in [5, 5.41) is 17.9. The number of amides is 2. The fourth-order valence-corrected chi connectivity index (χ4v) is 9.00. The van der Waals surface area contributed by atoms with E-state index in [0.29, 0.717) is 25.8 Å². The number of rotatable bonds is 11. The Labute approximate surface area is 226 Å². The number of benzene rings is 1. The van der Waals surface area contributed by atoms with Gasteiger partial charge in [0, 0.05) is 24.4 Å². The number of esters is 1. The Morgan fingerprint density at radius 2 is 2.11 bits per heavy atom. The monoisotopic (exact) mass is 541 g/mol. The molecule has 38 heavy (non-hydrogen) atoms. The van der Waals surface area contributed by atoms with Gasteiger partial charge in [-0.05, 0) is 51.7 Å². The van der Waals surface area contributed by atoms with Crippen molar-refractivity contribution in [1.82, 2.24) is 24.8 Å². The van der Waals surface area contributed by atoms with Crippen LogP contribution in [0.5, 0.6) is 0 Å². The van der Waals surface area contributed by atoms with Crippen molar-refractivity contribution in [2.75, 3.05) is 26.3 Å². The van der Waals surface area contributed by atoms with Gasteiger partial charge in [0.1, 0.15) is 18.2 Å². The Balaban J connectivity index is 1.52. The van der Waals surface area contributed by atoms with E-state index in [-0.39, 0.29) is 44.2 Å². The Morgan fingerprint density at radius 1 is 1.32 bits per heavy atom. The highest BCUT2D eigenvalue weighted by atomic mass is 32.2. The number of nitrogens with zero attached hydrogens (tertiary/aromatic N) is 5. The number of carbonyl (C=O) groups excluding carboxylic acids is 3. The standard InChI is InChI=1S/C27H35N5O5S/c1-4-14-30(17-32-19-11-7-6-10-18(19)28-29-32)24(35)22-27-13-12-26(3,38-27)21(25(36)37-5-2)20(27)23(34)31(22)15-8-9-16-33/h4,6-7,10-11,20-22,33H,1,5,8-9,12-17H2,2-3H3/t20-,21-,22?,26+,27?/m0/s1. The molecule has 5 atom stereocenters. The molecule has 4 heterocycles. The summed E-state index contributed by atoms with van der Waals surface area (Å²) in [6, 6.07) is 6.81. The van der Waals surface area contributed by atoms with Gasteiger partial charge in [0.05, 0.1) is 28.7 Å². The second-order valence-corrected chi connectivity index (χ2v) is 12.4. The largest absolute Gasteiger partial charge is 0.466 e. The third-order valence-corrected chi connectivity index (χ3v) is 10.2. The van der Waals surface area contributed by atoms with Crippen LogP contribution in [0.3, 0.4) is 0 Å². The molecule has 1 aromatic heterocycles. The zero-order valence-electron chi connectivity index (χ0n) is 21.9. The summed E-state index contributed by atoms with van der Waals surface area (Å²) in [5.41, 5.74) is 1.53. The van der Waals surface area contributed by atoms with Crippen LogP contribution in [0.15, 0.2) is 36.9 Å². The van der Waals surface area contributed by atoms with Crippen molar-refractivity contribution >= 4 is 40.6 Å². The molecule has 2 unspecified atom stereocenters. The van der Waals surface area contributed by atoms with Crippen LogP contribution in [-0.2, 0) is 25.8 Å². The molecule has 3 aliphatic rings. The average molecular weight is 542 g/mol. The van der Waals surface area contributed by atoms with Gasteiger partial charge < -0.3 is 19.6 Å². The molecule has 3 saturated heterocycles. The molecule has 3 fully saturated rings. The van der Waals surface area contributed by atoms with Crippen LogP contribution < -0.4 is 0 Å². The summed E-state index contributed by atoms with van der Waals surface area (Å²) < 4.78 is 5.94. The first-order chi connectivity index (χ1) is 18.3. The number of hydrogen-bond acceptors (Lipinski definition) is 8. The molecule has 0 radical (unpaired) electrons. The highest BCUT2D eigenvalue weighted by molar-refractivity contribution is 8.02. The van der Waals surface area contributed by atoms with E-state index in [0.717, 1.165) is 17.5 Å². The van der Waals surface area contributed by atoms with Gasteiger partial charge in [-0.1, -0.05) is 23.4 Å². The quantitative estimate of drug-likeness (QED) is 0.261. The first kappa shape index (κ1) is 26.7. The van der Waals surface area contributed by atoms with E-state index in [9.17, 15) is 19.5 Å². The minimum Gasteiger partial charge on any atom is -0.466 e. The average Bonchev–Trinajstić information content (AvgIpc) is 3.60. The maximum absolute atomic E-state index is 14.5. The number of unbranched alkanes of at least 4 members (excludes halogenated alkanes) is 1. The van der Waals surface area contributed by atoms with Crippen molar-refractivity contribution in [2.45, 2.75) is 61.7 Å². The van der Waals surface area contributed by atoms with Gasteiger partial charge in [0.25, 0.3) is 0 Å². The number of ether oxygens (including phenoxy) is 1. The molecule has 1 aromatic carbocycles. The number of aromatic nitrogens is 3. The van der Waals surface area contributed by atoms with Gasteiger partial charge in [0.15, 0.2) is 0 Å².